The lowest BCUT2D eigenvalue weighted by Crippen LogP contribution is -2.09. The van der Waals surface area contributed by atoms with Gasteiger partial charge in [-0.3, -0.25) is 0 Å². The Bertz CT molecular complexity index is 479. The van der Waals surface area contributed by atoms with Crippen LogP contribution < -0.4 is 5.73 Å². The third kappa shape index (κ3) is 3.28. The van der Waals surface area contributed by atoms with E-state index < -0.39 is 0 Å². The van der Waals surface area contributed by atoms with E-state index in [1.165, 1.54) is 11.1 Å². The zero-order valence-electron chi connectivity index (χ0n) is 9.88. The molecule has 90 valence electrons. The molecule has 0 spiro atoms. The van der Waals surface area contributed by atoms with Crippen LogP contribution in [0.25, 0.3) is 0 Å². The van der Waals surface area contributed by atoms with Crippen LogP contribution in [0.1, 0.15) is 21.4 Å². The highest BCUT2D eigenvalue weighted by Crippen LogP contribution is 2.35. The maximum Gasteiger partial charge on any atom is 0.174 e. The maximum atomic E-state index is 5.83. The van der Waals surface area contributed by atoms with Gasteiger partial charge in [-0.1, -0.05) is 52.9 Å². The summed E-state index contributed by atoms with van der Waals surface area (Å²) in [5.41, 5.74) is 8.34. The number of hydrogen-bond donors (Lipinski definition) is 1. The van der Waals surface area contributed by atoms with Crippen LogP contribution in [-0.2, 0) is 0 Å². The Morgan fingerprint density at radius 2 is 1.94 bits per heavy atom. The van der Waals surface area contributed by atoms with Crippen molar-refractivity contribution in [3.8, 4) is 0 Å². The monoisotopic (exact) mass is 265 g/mol. The number of aromatic nitrogens is 2. The van der Waals surface area contributed by atoms with E-state index in [-0.39, 0.29) is 5.25 Å². The molecule has 1 aromatic heterocycles. The molecular formula is C12H15N3S2. The topological polar surface area (TPSA) is 51.8 Å². The molecule has 0 aliphatic heterocycles. The lowest BCUT2D eigenvalue weighted by atomic mass is 10.1. The Morgan fingerprint density at radius 3 is 2.47 bits per heavy atom. The van der Waals surface area contributed by atoms with Crippen LogP contribution in [0.5, 0.6) is 0 Å². The van der Waals surface area contributed by atoms with Crippen molar-refractivity contribution in [3.05, 3.63) is 40.4 Å². The third-order valence-corrected chi connectivity index (χ3v) is 4.62. The van der Waals surface area contributed by atoms with Crippen LogP contribution >= 0.6 is 23.1 Å². The second-order valence-corrected chi connectivity index (χ2v) is 6.47. The number of benzene rings is 1. The van der Waals surface area contributed by atoms with E-state index in [9.17, 15) is 0 Å². The van der Waals surface area contributed by atoms with E-state index in [0.29, 0.717) is 6.54 Å². The fraction of sp³-hybridized carbons (Fsp3) is 0.333. The highest BCUT2D eigenvalue weighted by molar-refractivity contribution is 8.01. The normalized spacial score (nSPS) is 12.6. The van der Waals surface area contributed by atoms with E-state index >= 15 is 0 Å². The summed E-state index contributed by atoms with van der Waals surface area (Å²) in [7, 11) is 0. The minimum atomic E-state index is 0.253. The lowest BCUT2D eigenvalue weighted by molar-refractivity contribution is 0.927. The summed E-state index contributed by atoms with van der Waals surface area (Å²) in [6.07, 6.45) is 0. The van der Waals surface area contributed by atoms with Crippen molar-refractivity contribution in [1.82, 2.24) is 10.2 Å². The second-order valence-electron chi connectivity index (χ2n) is 3.84. The summed E-state index contributed by atoms with van der Waals surface area (Å²) in [5.74, 6) is 0. The quantitative estimate of drug-likeness (QED) is 0.864. The van der Waals surface area contributed by atoms with Gasteiger partial charge in [0.2, 0.25) is 0 Å². The van der Waals surface area contributed by atoms with Crippen LogP contribution in [0.15, 0.2) is 28.6 Å². The Hall–Kier alpha value is -0.910. The summed E-state index contributed by atoms with van der Waals surface area (Å²) >= 11 is 3.30. The number of thioether (sulfide) groups is 1. The largest absolute Gasteiger partial charge is 0.329 e. The van der Waals surface area contributed by atoms with Crippen molar-refractivity contribution in [1.29, 1.82) is 0 Å². The van der Waals surface area contributed by atoms with Gasteiger partial charge in [0.25, 0.3) is 0 Å². The number of rotatable bonds is 4. The van der Waals surface area contributed by atoms with Gasteiger partial charge < -0.3 is 5.73 Å². The summed E-state index contributed by atoms with van der Waals surface area (Å²) in [6, 6.07) is 8.50. The third-order valence-electron chi connectivity index (χ3n) is 2.41. The van der Waals surface area contributed by atoms with Crippen LogP contribution in [0.2, 0.25) is 0 Å². The van der Waals surface area contributed by atoms with Crippen molar-refractivity contribution in [2.75, 3.05) is 6.54 Å². The molecule has 0 fully saturated rings. The second kappa shape index (κ2) is 5.62. The fourth-order valence-corrected chi connectivity index (χ4v) is 3.52. The molecule has 0 aliphatic rings. The van der Waals surface area contributed by atoms with E-state index in [0.717, 1.165) is 9.35 Å². The molecule has 17 heavy (non-hydrogen) atoms. The van der Waals surface area contributed by atoms with Gasteiger partial charge in [-0.25, -0.2) is 0 Å². The van der Waals surface area contributed by atoms with Crippen molar-refractivity contribution in [2.45, 2.75) is 23.4 Å². The molecule has 1 unspecified atom stereocenters. The summed E-state index contributed by atoms with van der Waals surface area (Å²) in [6.45, 7) is 4.65. The van der Waals surface area contributed by atoms with Crippen LogP contribution in [-0.4, -0.2) is 16.7 Å². The van der Waals surface area contributed by atoms with Gasteiger partial charge in [-0.2, -0.15) is 0 Å². The molecule has 1 aromatic carbocycles. The molecule has 3 nitrogen and oxygen atoms in total. The average Bonchev–Trinajstić information content (AvgIpc) is 2.73. The molecule has 0 aliphatic carbocycles. The van der Waals surface area contributed by atoms with Gasteiger partial charge in [0.15, 0.2) is 4.34 Å². The minimum Gasteiger partial charge on any atom is -0.329 e. The Labute approximate surface area is 109 Å². The van der Waals surface area contributed by atoms with Crippen molar-refractivity contribution in [2.24, 2.45) is 5.73 Å². The molecule has 0 amide bonds. The zero-order chi connectivity index (χ0) is 12.3. The summed E-state index contributed by atoms with van der Waals surface area (Å²) < 4.78 is 0.985. The molecule has 2 rings (SSSR count). The molecule has 1 heterocycles. The fourth-order valence-electron chi connectivity index (χ4n) is 1.48. The summed E-state index contributed by atoms with van der Waals surface area (Å²) in [5, 5.41) is 9.39. The van der Waals surface area contributed by atoms with Gasteiger partial charge >= 0.3 is 0 Å². The predicted molar refractivity (Wildman–Crippen MR) is 73.5 cm³/mol. The molecule has 0 saturated carbocycles. The number of hydrogen-bond acceptors (Lipinski definition) is 5. The maximum absolute atomic E-state index is 5.83. The first-order valence-electron chi connectivity index (χ1n) is 5.42. The molecule has 1 atom stereocenters. The lowest BCUT2D eigenvalue weighted by Gasteiger charge is -2.12. The van der Waals surface area contributed by atoms with Crippen molar-refractivity contribution < 1.29 is 0 Å². The van der Waals surface area contributed by atoms with Crippen molar-refractivity contribution >= 4 is 23.1 Å². The first kappa shape index (κ1) is 12.5. The Kier molecular flexibility index (Phi) is 4.15. The smallest absolute Gasteiger partial charge is 0.174 e. The first-order valence-corrected chi connectivity index (χ1v) is 7.12. The van der Waals surface area contributed by atoms with E-state index in [4.69, 9.17) is 5.73 Å². The zero-order valence-corrected chi connectivity index (χ0v) is 11.5. The SMILES string of the molecule is Cc1ccc(C(CN)Sc2nnc(C)s2)cc1. The minimum absolute atomic E-state index is 0.253. The van der Waals surface area contributed by atoms with Gasteiger partial charge in [-0.05, 0) is 19.4 Å². The number of aryl methyl sites for hydroxylation is 2. The predicted octanol–water partition coefficient (Wildman–Crippen LogP) is 2.95. The molecule has 0 radical (unpaired) electrons. The molecule has 0 saturated heterocycles. The van der Waals surface area contributed by atoms with Gasteiger partial charge in [0.1, 0.15) is 5.01 Å². The first-order chi connectivity index (χ1) is 8.19. The van der Waals surface area contributed by atoms with E-state index in [1.807, 2.05) is 6.92 Å². The summed E-state index contributed by atoms with van der Waals surface area (Å²) in [4.78, 5) is 0. The number of nitrogens with two attached hydrogens (primary N) is 1. The average molecular weight is 265 g/mol. The van der Waals surface area contributed by atoms with Gasteiger partial charge in [0, 0.05) is 11.8 Å². The van der Waals surface area contributed by atoms with Crippen LogP contribution in [0.3, 0.4) is 0 Å². The molecule has 2 aromatic rings. The Balaban J connectivity index is 2.13. The van der Waals surface area contributed by atoms with E-state index in [1.54, 1.807) is 23.1 Å². The Morgan fingerprint density at radius 1 is 1.24 bits per heavy atom. The highest BCUT2D eigenvalue weighted by atomic mass is 32.2. The molecule has 0 bridgehead atoms. The van der Waals surface area contributed by atoms with Gasteiger partial charge in [-0.15, -0.1) is 10.2 Å². The van der Waals surface area contributed by atoms with Crippen molar-refractivity contribution in [3.63, 3.8) is 0 Å². The molecular weight excluding hydrogens is 250 g/mol. The van der Waals surface area contributed by atoms with Crippen LogP contribution in [0.4, 0.5) is 0 Å². The van der Waals surface area contributed by atoms with E-state index in [2.05, 4.69) is 41.4 Å². The molecule has 5 heteroatoms. The highest BCUT2D eigenvalue weighted by Gasteiger charge is 2.13. The number of nitrogens with zero attached hydrogens (tertiary/aromatic N) is 2. The standard InChI is InChI=1S/C12H15N3S2/c1-8-3-5-10(6-4-8)11(7-13)17-12-15-14-9(2)16-12/h3-6,11H,7,13H2,1-2H3. The molecule has 2 N–H and O–H groups in total. The van der Waals surface area contributed by atoms with Crippen LogP contribution in [0, 0.1) is 13.8 Å². The van der Waals surface area contributed by atoms with Gasteiger partial charge in [0.05, 0.1) is 0 Å².